The Hall–Kier alpha value is -1.59. The summed E-state index contributed by atoms with van der Waals surface area (Å²) in [6, 6.07) is 9.77. The van der Waals surface area contributed by atoms with Crippen molar-refractivity contribution < 1.29 is 9.59 Å². The molecule has 5 nitrogen and oxygen atoms in total. The molecule has 0 aromatic heterocycles. The number of nitrogens with zero attached hydrogens (tertiary/aromatic N) is 2. The molecule has 6 heteroatoms. The molecule has 0 bridgehead atoms. The number of hydrogen-bond donors (Lipinski definition) is 1. The molecule has 1 aromatic rings. The van der Waals surface area contributed by atoms with Crippen LogP contribution in [0.25, 0.3) is 0 Å². The molecular formula is C16H24ClN3O2. The largest absolute Gasteiger partial charge is 0.339 e. The average Bonchev–Trinajstić information content (AvgIpc) is 2.53. The van der Waals surface area contributed by atoms with Gasteiger partial charge in [0.25, 0.3) is 0 Å². The van der Waals surface area contributed by atoms with Crippen molar-refractivity contribution in [2.24, 2.45) is 0 Å². The fourth-order valence-corrected chi connectivity index (χ4v) is 2.48. The van der Waals surface area contributed by atoms with Crippen molar-refractivity contribution in [3.05, 3.63) is 35.9 Å². The van der Waals surface area contributed by atoms with Crippen LogP contribution in [0.2, 0.25) is 0 Å². The maximum absolute atomic E-state index is 12.2. The first kappa shape index (κ1) is 18.5. The molecule has 0 spiro atoms. The number of hydrogen-bond acceptors (Lipinski definition) is 3. The molecule has 122 valence electrons. The zero-order valence-electron chi connectivity index (χ0n) is 13.0. The molecule has 22 heavy (non-hydrogen) atoms. The minimum atomic E-state index is 0. The normalized spacial score (nSPS) is 14.4. The molecule has 0 unspecified atom stereocenters. The fourth-order valence-electron chi connectivity index (χ4n) is 2.48. The summed E-state index contributed by atoms with van der Waals surface area (Å²) in [5.41, 5.74) is 1.04. The van der Waals surface area contributed by atoms with E-state index in [1.165, 1.54) is 0 Å². The third-order valence-electron chi connectivity index (χ3n) is 3.77. The second-order valence-electron chi connectivity index (χ2n) is 5.28. The van der Waals surface area contributed by atoms with Crippen molar-refractivity contribution in [2.75, 3.05) is 39.8 Å². The van der Waals surface area contributed by atoms with Crippen molar-refractivity contribution in [2.45, 2.75) is 12.8 Å². The Balaban J connectivity index is 0.00000242. The van der Waals surface area contributed by atoms with E-state index in [0.29, 0.717) is 45.6 Å². The lowest BCUT2D eigenvalue weighted by Crippen LogP contribution is -2.51. The predicted molar refractivity (Wildman–Crippen MR) is 89.1 cm³/mol. The van der Waals surface area contributed by atoms with Gasteiger partial charge in [0, 0.05) is 39.1 Å². The number of carbonyl (C=O) groups excluding carboxylic acids is 2. The van der Waals surface area contributed by atoms with Gasteiger partial charge in [0.05, 0.1) is 6.42 Å². The SMILES string of the molecule is CNCCC(=O)N1CCN(C(=O)Cc2ccccc2)CC1.Cl. The van der Waals surface area contributed by atoms with Crippen LogP contribution in [0.1, 0.15) is 12.0 Å². The molecule has 2 amide bonds. The van der Waals surface area contributed by atoms with Crippen LogP contribution in [0, 0.1) is 0 Å². The van der Waals surface area contributed by atoms with Crippen molar-refractivity contribution in [3.63, 3.8) is 0 Å². The molecule has 0 saturated carbocycles. The second-order valence-corrected chi connectivity index (χ2v) is 5.28. The van der Waals surface area contributed by atoms with Gasteiger partial charge in [-0.2, -0.15) is 0 Å². The van der Waals surface area contributed by atoms with E-state index in [9.17, 15) is 9.59 Å². The van der Waals surface area contributed by atoms with Crippen LogP contribution in [-0.4, -0.2) is 61.4 Å². The first-order chi connectivity index (χ1) is 10.2. The van der Waals surface area contributed by atoms with Crippen LogP contribution in [0.3, 0.4) is 0 Å². The topological polar surface area (TPSA) is 52.7 Å². The van der Waals surface area contributed by atoms with E-state index in [1.807, 2.05) is 47.2 Å². The molecule has 1 aromatic carbocycles. The Bertz CT molecular complexity index is 474. The average molecular weight is 326 g/mol. The van der Waals surface area contributed by atoms with Gasteiger partial charge in [-0.05, 0) is 12.6 Å². The number of carbonyl (C=O) groups is 2. The molecule has 0 atom stereocenters. The van der Waals surface area contributed by atoms with Crippen LogP contribution in [-0.2, 0) is 16.0 Å². The molecule has 1 aliphatic heterocycles. The highest BCUT2D eigenvalue weighted by Crippen LogP contribution is 2.07. The van der Waals surface area contributed by atoms with Crippen molar-refractivity contribution in [1.82, 2.24) is 15.1 Å². The quantitative estimate of drug-likeness (QED) is 0.876. The van der Waals surface area contributed by atoms with Crippen LogP contribution < -0.4 is 5.32 Å². The Morgan fingerprint density at radius 2 is 1.55 bits per heavy atom. The van der Waals surface area contributed by atoms with Crippen molar-refractivity contribution >= 4 is 24.2 Å². The highest BCUT2D eigenvalue weighted by Gasteiger charge is 2.23. The lowest BCUT2D eigenvalue weighted by atomic mass is 10.1. The molecule has 1 aliphatic rings. The van der Waals surface area contributed by atoms with Gasteiger partial charge in [-0.3, -0.25) is 9.59 Å². The second kappa shape index (κ2) is 9.43. The molecule has 0 radical (unpaired) electrons. The molecule has 1 N–H and O–H groups in total. The first-order valence-electron chi connectivity index (χ1n) is 7.45. The molecular weight excluding hydrogens is 302 g/mol. The number of amides is 2. The van der Waals surface area contributed by atoms with Gasteiger partial charge in [0.2, 0.25) is 11.8 Å². The van der Waals surface area contributed by atoms with Crippen LogP contribution >= 0.6 is 12.4 Å². The minimum Gasteiger partial charge on any atom is -0.339 e. The Kier molecular flexibility index (Phi) is 7.91. The van der Waals surface area contributed by atoms with Gasteiger partial charge in [-0.15, -0.1) is 12.4 Å². The zero-order chi connectivity index (χ0) is 15.1. The maximum Gasteiger partial charge on any atom is 0.227 e. The summed E-state index contributed by atoms with van der Waals surface area (Å²) in [7, 11) is 1.84. The summed E-state index contributed by atoms with van der Waals surface area (Å²) >= 11 is 0. The molecule has 2 rings (SSSR count). The summed E-state index contributed by atoms with van der Waals surface area (Å²) in [5, 5.41) is 2.98. The fraction of sp³-hybridized carbons (Fsp3) is 0.500. The smallest absolute Gasteiger partial charge is 0.227 e. The molecule has 0 aliphatic carbocycles. The van der Waals surface area contributed by atoms with Crippen molar-refractivity contribution in [3.8, 4) is 0 Å². The summed E-state index contributed by atoms with van der Waals surface area (Å²) in [5.74, 6) is 0.308. The van der Waals surface area contributed by atoms with Gasteiger partial charge in [0.15, 0.2) is 0 Å². The third kappa shape index (κ3) is 5.31. The summed E-state index contributed by atoms with van der Waals surface area (Å²) < 4.78 is 0. The van der Waals surface area contributed by atoms with Gasteiger partial charge in [0.1, 0.15) is 0 Å². The first-order valence-corrected chi connectivity index (χ1v) is 7.45. The highest BCUT2D eigenvalue weighted by atomic mass is 35.5. The Morgan fingerprint density at radius 3 is 2.09 bits per heavy atom. The summed E-state index contributed by atoms with van der Waals surface area (Å²) in [4.78, 5) is 27.8. The van der Waals surface area contributed by atoms with Crippen molar-refractivity contribution in [1.29, 1.82) is 0 Å². The van der Waals surface area contributed by atoms with Crippen LogP contribution in [0.15, 0.2) is 30.3 Å². The Morgan fingerprint density at radius 1 is 1.00 bits per heavy atom. The summed E-state index contributed by atoms with van der Waals surface area (Å²) in [6.07, 6.45) is 0.961. The lowest BCUT2D eigenvalue weighted by Gasteiger charge is -2.35. The number of halogens is 1. The van der Waals surface area contributed by atoms with E-state index in [-0.39, 0.29) is 24.2 Å². The molecule has 1 heterocycles. The zero-order valence-corrected chi connectivity index (χ0v) is 13.8. The minimum absolute atomic E-state index is 0. The summed E-state index contributed by atoms with van der Waals surface area (Å²) in [6.45, 7) is 3.26. The van der Waals surface area contributed by atoms with E-state index in [2.05, 4.69) is 5.32 Å². The van der Waals surface area contributed by atoms with Crippen LogP contribution in [0.5, 0.6) is 0 Å². The van der Waals surface area contributed by atoms with Gasteiger partial charge in [-0.1, -0.05) is 30.3 Å². The molecule has 1 saturated heterocycles. The van der Waals surface area contributed by atoms with Crippen LogP contribution in [0.4, 0.5) is 0 Å². The number of rotatable bonds is 5. The van der Waals surface area contributed by atoms with E-state index < -0.39 is 0 Å². The number of benzene rings is 1. The van der Waals surface area contributed by atoms with E-state index in [0.717, 1.165) is 5.56 Å². The van der Waals surface area contributed by atoms with Gasteiger partial charge >= 0.3 is 0 Å². The van der Waals surface area contributed by atoms with Gasteiger partial charge in [-0.25, -0.2) is 0 Å². The van der Waals surface area contributed by atoms with E-state index in [4.69, 9.17) is 0 Å². The lowest BCUT2D eigenvalue weighted by molar-refractivity contribution is -0.139. The standard InChI is InChI=1S/C16H23N3O2.ClH/c1-17-8-7-15(20)18-9-11-19(12-10-18)16(21)13-14-5-3-2-4-6-14;/h2-6,17H,7-13H2,1H3;1H. The predicted octanol–water partition coefficient (Wildman–Crippen LogP) is 0.931. The highest BCUT2D eigenvalue weighted by molar-refractivity contribution is 5.85. The number of nitrogens with one attached hydrogen (secondary N) is 1. The monoisotopic (exact) mass is 325 g/mol. The maximum atomic E-state index is 12.2. The molecule has 1 fully saturated rings. The third-order valence-corrected chi connectivity index (χ3v) is 3.77. The number of piperazine rings is 1. The van der Waals surface area contributed by atoms with E-state index in [1.54, 1.807) is 0 Å². The van der Waals surface area contributed by atoms with E-state index >= 15 is 0 Å². The van der Waals surface area contributed by atoms with Gasteiger partial charge < -0.3 is 15.1 Å². The Labute approximate surface area is 138 Å².